The van der Waals surface area contributed by atoms with E-state index in [2.05, 4.69) is 0 Å². The van der Waals surface area contributed by atoms with Gasteiger partial charge in [0.15, 0.2) is 15.4 Å². The molecule has 1 amide bonds. The highest BCUT2D eigenvalue weighted by molar-refractivity contribution is 7.90. The number of rotatable bonds is 6. The van der Waals surface area contributed by atoms with Gasteiger partial charge in [-0.25, -0.2) is 8.42 Å². The van der Waals surface area contributed by atoms with Crippen molar-refractivity contribution >= 4 is 15.7 Å². The van der Waals surface area contributed by atoms with Crippen molar-refractivity contribution in [2.45, 2.75) is 17.8 Å². The molecular formula is C12H14N2O4S. The molecule has 0 aliphatic heterocycles. The van der Waals surface area contributed by atoms with Crippen LogP contribution in [-0.4, -0.2) is 30.8 Å². The van der Waals surface area contributed by atoms with E-state index in [1.54, 1.807) is 36.4 Å². The Hall–Kier alpha value is -1.91. The molecule has 0 saturated heterocycles. The average Bonchev–Trinajstić information content (AvgIpc) is 2.28. The van der Waals surface area contributed by atoms with Crippen LogP contribution in [0.3, 0.4) is 0 Å². The predicted octanol–water partition coefficient (Wildman–Crippen LogP) is -0.269. The Bertz CT molecular complexity index is 592. The molecule has 1 rings (SSSR count). The van der Waals surface area contributed by atoms with Gasteiger partial charge >= 0.3 is 0 Å². The monoisotopic (exact) mass is 282 g/mol. The highest BCUT2D eigenvalue weighted by Gasteiger charge is 2.38. The molecule has 0 aliphatic rings. The fraction of sp³-hybridized carbons (Fsp3) is 0.333. The van der Waals surface area contributed by atoms with E-state index in [-0.39, 0.29) is 5.75 Å². The van der Waals surface area contributed by atoms with E-state index in [0.29, 0.717) is 5.56 Å². The van der Waals surface area contributed by atoms with Gasteiger partial charge in [0.1, 0.15) is 0 Å². The maximum atomic E-state index is 11.9. The maximum Gasteiger partial charge on any atom is 0.251 e. The highest BCUT2D eigenvalue weighted by Crippen LogP contribution is 2.16. The molecule has 1 unspecified atom stereocenters. The lowest BCUT2D eigenvalue weighted by atomic mass is 10.0. The standard InChI is InChI=1S/C12H14N2O4S/c13-7-6-12(16,11(14)15)9-19(17,18)8-10-4-2-1-3-5-10/h1-5,16H,6,8-9H2,(H2,14,15). The minimum atomic E-state index is -3.76. The first kappa shape index (κ1) is 15.1. The summed E-state index contributed by atoms with van der Waals surface area (Å²) in [6, 6.07) is 9.90. The fourth-order valence-corrected chi connectivity index (χ4v) is 3.36. The highest BCUT2D eigenvalue weighted by atomic mass is 32.2. The Kier molecular flexibility index (Phi) is 4.64. The molecule has 1 atom stereocenters. The molecule has 1 aromatic rings. The molecule has 6 nitrogen and oxygen atoms in total. The number of nitrogens with zero attached hydrogens (tertiary/aromatic N) is 1. The summed E-state index contributed by atoms with van der Waals surface area (Å²) in [4.78, 5) is 11.1. The molecule has 1 aromatic carbocycles. The van der Waals surface area contributed by atoms with Crippen LogP contribution in [0.25, 0.3) is 0 Å². The first-order valence-corrected chi connectivity index (χ1v) is 7.25. The minimum absolute atomic E-state index is 0.325. The second-order valence-electron chi connectivity index (χ2n) is 4.25. The first-order valence-electron chi connectivity index (χ1n) is 5.43. The number of hydrogen-bond acceptors (Lipinski definition) is 5. The topological polar surface area (TPSA) is 121 Å². The zero-order chi connectivity index (χ0) is 14.5. The molecular weight excluding hydrogens is 268 g/mol. The smallest absolute Gasteiger partial charge is 0.251 e. The quantitative estimate of drug-likeness (QED) is 0.744. The lowest BCUT2D eigenvalue weighted by Crippen LogP contribution is -2.49. The number of hydrogen-bond donors (Lipinski definition) is 2. The van der Waals surface area contributed by atoms with E-state index in [1.807, 2.05) is 0 Å². The molecule has 0 heterocycles. The molecule has 0 aromatic heterocycles. The number of carbonyl (C=O) groups is 1. The summed E-state index contributed by atoms with van der Waals surface area (Å²) in [7, 11) is -3.76. The molecule has 3 N–H and O–H groups in total. The van der Waals surface area contributed by atoms with Gasteiger partial charge in [-0.2, -0.15) is 5.26 Å². The number of carbonyl (C=O) groups excluding carboxylic acids is 1. The summed E-state index contributed by atoms with van der Waals surface area (Å²) in [6.45, 7) is 0. The maximum absolute atomic E-state index is 11.9. The van der Waals surface area contributed by atoms with Crippen molar-refractivity contribution in [3.63, 3.8) is 0 Å². The van der Waals surface area contributed by atoms with Gasteiger partial charge in [0.2, 0.25) is 0 Å². The van der Waals surface area contributed by atoms with Crippen LogP contribution in [0.5, 0.6) is 0 Å². The van der Waals surface area contributed by atoms with Gasteiger partial charge in [-0.05, 0) is 5.56 Å². The SMILES string of the molecule is N#CCC(O)(CS(=O)(=O)Cc1ccccc1)C(N)=O. The molecule has 0 radical (unpaired) electrons. The zero-order valence-electron chi connectivity index (χ0n) is 10.1. The number of nitrogens with two attached hydrogens (primary N) is 1. The van der Waals surface area contributed by atoms with Crippen LogP contribution >= 0.6 is 0 Å². The Balaban J connectivity index is 2.90. The Morgan fingerprint density at radius 3 is 2.42 bits per heavy atom. The molecule has 0 bridgehead atoms. The summed E-state index contributed by atoms with van der Waals surface area (Å²) in [5.74, 6) is -2.40. The van der Waals surface area contributed by atoms with Crippen molar-refractivity contribution in [3.8, 4) is 6.07 Å². The third-order valence-corrected chi connectivity index (χ3v) is 4.21. The number of amides is 1. The Labute approximate surface area is 111 Å². The van der Waals surface area contributed by atoms with Crippen LogP contribution in [0.15, 0.2) is 30.3 Å². The number of benzene rings is 1. The molecule has 0 fully saturated rings. The first-order chi connectivity index (χ1) is 8.79. The van der Waals surface area contributed by atoms with E-state index in [0.717, 1.165) is 0 Å². The summed E-state index contributed by atoms with van der Waals surface area (Å²) in [6.07, 6.45) is -0.656. The number of nitriles is 1. The summed E-state index contributed by atoms with van der Waals surface area (Å²) in [5, 5.41) is 18.4. The molecule has 102 valence electrons. The van der Waals surface area contributed by atoms with Crippen molar-refractivity contribution in [3.05, 3.63) is 35.9 Å². The number of primary amides is 1. The van der Waals surface area contributed by atoms with E-state index in [4.69, 9.17) is 11.0 Å². The van der Waals surface area contributed by atoms with Crippen molar-refractivity contribution in [2.75, 3.05) is 5.75 Å². The van der Waals surface area contributed by atoms with Crippen LogP contribution in [0.1, 0.15) is 12.0 Å². The predicted molar refractivity (Wildman–Crippen MR) is 68.3 cm³/mol. The van der Waals surface area contributed by atoms with Gasteiger partial charge in [-0.3, -0.25) is 4.79 Å². The molecule has 19 heavy (non-hydrogen) atoms. The Morgan fingerprint density at radius 1 is 1.37 bits per heavy atom. The van der Waals surface area contributed by atoms with E-state index in [1.165, 1.54) is 0 Å². The van der Waals surface area contributed by atoms with Crippen molar-refractivity contribution in [1.82, 2.24) is 0 Å². The van der Waals surface area contributed by atoms with Gasteiger partial charge < -0.3 is 10.8 Å². The van der Waals surface area contributed by atoms with Crippen LogP contribution in [0, 0.1) is 11.3 Å². The second kappa shape index (κ2) is 5.82. The van der Waals surface area contributed by atoms with Gasteiger partial charge in [-0.1, -0.05) is 30.3 Å². The third kappa shape index (κ3) is 4.35. The Morgan fingerprint density at radius 2 is 1.95 bits per heavy atom. The number of sulfone groups is 1. The van der Waals surface area contributed by atoms with Gasteiger partial charge in [-0.15, -0.1) is 0 Å². The normalized spacial score (nSPS) is 14.3. The van der Waals surface area contributed by atoms with Crippen LogP contribution in [-0.2, 0) is 20.4 Å². The summed E-state index contributed by atoms with van der Waals surface area (Å²) < 4.78 is 23.8. The zero-order valence-corrected chi connectivity index (χ0v) is 10.9. The van der Waals surface area contributed by atoms with E-state index >= 15 is 0 Å². The van der Waals surface area contributed by atoms with Crippen LogP contribution in [0.4, 0.5) is 0 Å². The van der Waals surface area contributed by atoms with Gasteiger partial charge in [0, 0.05) is 0 Å². The van der Waals surface area contributed by atoms with E-state index < -0.39 is 33.5 Å². The van der Waals surface area contributed by atoms with Gasteiger partial charge in [0.25, 0.3) is 5.91 Å². The summed E-state index contributed by atoms with van der Waals surface area (Å²) in [5.41, 5.74) is 3.14. The average molecular weight is 282 g/mol. The third-order valence-electron chi connectivity index (χ3n) is 2.52. The summed E-state index contributed by atoms with van der Waals surface area (Å²) >= 11 is 0. The lowest BCUT2D eigenvalue weighted by Gasteiger charge is -2.21. The van der Waals surface area contributed by atoms with Crippen molar-refractivity contribution in [2.24, 2.45) is 5.73 Å². The number of aliphatic hydroxyl groups is 1. The molecule has 0 saturated carbocycles. The lowest BCUT2D eigenvalue weighted by molar-refractivity contribution is -0.133. The minimum Gasteiger partial charge on any atom is -0.378 e. The fourth-order valence-electron chi connectivity index (χ4n) is 1.58. The van der Waals surface area contributed by atoms with Crippen molar-refractivity contribution < 1.29 is 18.3 Å². The molecule has 0 spiro atoms. The van der Waals surface area contributed by atoms with Crippen LogP contribution < -0.4 is 5.73 Å². The van der Waals surface area contributed by atoms with Crippen LogP contribution in [0.2, 0.25) is 0 Å². The molecule has 0 aliphatic carbocycles. The largest absolute Gasteiger partial charge is 0.378 e. The van der Waals surface area contributed by atoms with Gasteiger partial charge in [0.05, 0.1) is 24.0 Å². The van der Waals surface area contributed by atoms with Crippen molar-refractivity contribution in [1.29, 1.82) is 5.26 Å². The second-order valence-corrected chi connectivity index (χ2v) is 6.31. The molecule has 7 heteroatoms. The van der Waals surface area contributed by atoms with E-state index in [9.17, 15) is 18.3 Å².